The number of nitrogens with zero attached hydrogens (tertiary/aromatic N) is 1. The number of aromatic nitrogens is 1. The van der Waals surface area contributed by atoms with Gasteiger partial charge in [0.25, 0.3) is 5.91 Å². The van der Waals surface area contributed by atoms with Crippen LogP contribution in [0, 0.1) is 0 Å². The van der Waals surface area contributed by atoms with Crippen molar-refractivity contribution in [2.24, 2.45) is 0 Å². The smallest absolute Gasteiger partial charge is 0.253 e. The number of amides is 1. The molecule has 0 spiro atoms. The van der Waals surface area contributed by atoms with Crippen LogP contribution < -0.4 is 5.32 Å². The van der Waals surface area contributed by atoms with Crippen molar-refractivity contribution < 1.29 is 9.90 Å². The van der Waals surface area contributed by atoms with Gasteiger partial charge in [-0.1, -0.05) is 0 Å². The Morgan fingerprint density at radius 1 is 1.67 bits per heavy atom. The first-order chi connectivity index (χ1) is 7.13. The molecule has 0 saturated carbocycles. The minimum absolute atomic E-state index is 0.0360. The third-order valence-electron chi connectivity index (χ3n) is 1.93. The zero-order valence-corrected chi connectivity index (χ0v) is 9.99. The number of carbonyl (C=O) groups is 1. The van der Waals surface area contributed by atoms with Gasteiger partial charge in [0.15, 0.2) is 0 Å². The second kappa shape index (κ2) is 5.82. The summed E-state index contributed by atoms with van der Waals surface area (Å²) in [6.07, 6.45) is 2.06. The van der Waals surface area contributed by atoms with Crippen LogP contribution in [0.25, 0.3) is 0 Å². The van der Waals surface area contributed by atoms with Gasteiger partial charge in [-0.05, 0) is 41.4 Å². The van der Waals surface area contributed by atoms with Gasteiger partial charge >= 0.3 is 0 Å². The van der Waals surface area contributed by atoms with Crippen molar-refractivity contribution in [1.82, 2.24) is 10.3 Å². The molecule has 4 nitrogen and oxygen atoms in total. The molecule has 0 radical (unpaired) electrons. The van der Waals surface area contributed by atoms with E-state index in [0.717, 1.165) is 0 Å². The highest BCUT2D eigenvalue weighted by Crippen LogP contribution is 2.06. The van der Waals surface area contributed by atoms with Crippen molar-refractivity contribution >= 4 is 21.8 Å². The molecule has 15 heavy (non-hydrogen) atoms. The molecule has 1 amide bonds. The summed E-state index contributed by atoms with van der Waals surface area (Å²) >= 11 is 3.19. The molecule has 1 atom stereocenters. The van der Waals surface area contributed by atoms with E-state index in [1.165, 1.54) is 6.20 Å². The Balaban J connectivity index is 2.57. The van der Waals surface area contributed by atoms with E-state index in [2.05, 4.69) is 26.2 Å². The van der Waals surface area contributed by atoms with Crippen LogP contribution in [0.3, 0.4) is 0 Å². The maximum absolute atomic E-state index is 11.6. The van der Waals surface area contributed by atoms with Crippen molar-refractivity contribution in [2.75, 3.05) is 6.61 Å². The summed E-state index contributed by atoms with van der Waals surface area (Å²) in [7, 11) is 0. The van der Waals surface area contributed by atoms with Crippen LogP contribution in [0.5, 0.6) is 0 Å². The van der Waals surface area contributed by atoms with Gasteiger partial charge in [0.1, 0.15) is 4.60 Å². The minimum Gasteiger partial charge on any atom is -0.396 e. The normalized spacial score (nSPS) is 12.2. The predicted octanol–water partition coefficient (Wildman–Crippen LogP) is 1.34. The van der Waals surface area contributed by atoms with Gasteiger partial charge in [-0.25, -0.2) is 4.98 Å². The van der Waals surface area contributed by atoms with Gasteiger partial charge in [0, 0.05) is 18.8 Å². The summed E-state index contributed by atoms with van der Waals surface area (Å²) in [6, 6.07) is 3.37. The average molecular weight is 273 g/mol. The topological polar surface area (TPSA) is 62.2 Å². The fraction of sp³-hybridized carbons (Fsp3) is 0.400. The third kappa shape index (κ3) is 3.97. The first kappa shape index (κ1) is 12.1. The lowest BCUT2D eigenvalue weighted by Gasteiger charge is -2.11. The van der Waals surface area contributed by atoms with Crippen LogP contribution in [0.4, 0.5) is 0 Å². The van der Waals surface area contributed by atoms with E-state index in [0.29, 0.717) is 16.6 Å². The van der Waals surface area contributed by atoms with Crippen LogP contribution in [0.2, 0.25) is 0 Å². The highest BCUT2D eigenvalue weighted by Gasteiger charge is 2.09. The Morgan fingerprint density at radius 3 is 2.93 bits per heavy atom. The molecule has 0 bridgehead atoms. The van der Waals surface area contributed by atoms with E-state index in [1.807, 2.05) is 6.92 Å². The molecule has 0 aliphatic carbocycles. The number of nitrogens with one attached hydrogen (secondary N) is 1. The summed E-state index contributed by atoms with van der Waals surface area (Å²) in [5.41, 5.74) is 0.517. The van der Waals surface area contributed by atoms with Gasteiger partial charge in [-0.3, -0.25) is 4.79 Å². The van der Waals surface area contributed by atoms with Crippen molar-refractivity contribution in [3.63, 3.8) is 0 Å². The van der Waals surface area contributed by atoms with Crippen LogP contribution in [-0.2, 0) is 0 Å². The lowest BCUT2D eigenvalue weighted by molar-refractivity contribution is 0.0934. The van der Waals surface area contributed by atoms with E-state index in [1.54, 1.807) is 12.1 Å². The monoisotopic (exact) mass is 272 g/mol. The zero-order valence-electron chi connectivity index (χ0n) is 8.40. The molecule has 82 valence electrons. The second-order valence-corrected chi connectivity index (χ2v) is 4.07. The largest absolute Gasteiger partial charge is 0.396 e. The fourth-order valence-electron chi connectivity index (χ4n) is 1.08. The number of hydrogen-bond acceptors (Lipinski definition) is 3. The molecule has 2 N–H and O–H groups in total. The van der Waals surface area contributed by atoms with Gasteiger partial charge in [-0.15, -0.1) is 0 Å². The molecule has 0 aliphatic heterocycles. The van der Waals surface area contributed by atoms with E-state index in [-0.39, 0.29) is 18.6 Å². The zero-order chi connectivity index (χ0) is 11.3. The maximum Gasteiger partial charge on any atom is 0.253 e. The summed E-state index contributed by atoms with van der Waals surface area (Å²) in [6.45, 7) is 1.92. The lowest BCUT2D eigenvalue weighted by atomic mass is 10.2. The van der Waals surface area contributed by atoms with E-state index < -0.39 is 0 Å². The predicted molar refractivity (Wildman–Crippen MR) is 60.6 cm³/mol. The van der Waals surface area contributed by atoms with E-state index in [4.69, 9.17) is 5.11 Å². The van der Waals surface area contributed by atoms with Crippen LogP contribution in [0.15, 0.2) is 22.9 Å². The fourth-order valence-corrected chi connectivity index (χ4v) is 1.32. The molecule has 1 aromatic heterocycles. The van der Waals surface area contributed by atoms with Gasteiger partial charge < -0.3 is 10.4 Å². The molecule has 1 heterocycles. The number of halogens is 1. The molecule has 5 heteroatoms. The Labute approximate surface area is 96.8 Å². The van der Waals surface area contributed by atoms with Crippen molar-refractivity contribution in [1.29, 1.82) is 0 Å². The van der Waals surface area contributed by atoms with Gasteiger partial charge in [0.2, 0.25) is 0 Å². The molecule has 0 unspecified atom stereocenters. The van der Waals surface area contributed by atoms with Crippen LogP contribution in [0.1, 0.15) is 23.7 Å². The standard InChI is InChI=1S/C10H13BrN2O2/c1-7(4-5-14)13-10(15)8-2-3-9(11)12-6-8/h2-3,6-7,14H,4-5H2,1H3,(H,13,15)/t7-/m1/s1. The SMILES string of the molecule is C[C@H](CCO)NC(=O)c1ccc(Br)nc1. The van der Waals surface area contributed by atoms with Crippen LogP contribution in [-0.4, -0.2) is 28.6 Å². The first-order valence-electron chi connectivity index (χ1n) is 4.66. The lowest BCUT2D eigenvalue weighted by Crippen LogP contribution is -2.33. The number of aliphatic hydroxyl groups excluding tert-OH is 1. The maximum atomic E-state index is 11.6. The Morgan fingerprint density at radius 2 is 2.40 bits per heavy atom. The molecule has 0 fully saturated rings. The Hall–Kier alpha value is -0.940. The molecule has 1 aromatic rings. The van der Waals surface area contributed by atoms with E-state index >= 15 is 0 Å². The number of rotatable bonds is 4. The van der Waals surface area contributed by atoms with Crippen molar-refractivity contribution in [2.45, 2.75) is 19.4 Å². The number of hydrogen-bond donors (Lipinski definition) is 2. The molecular formula is C10H13BrN2O2. The van der Waals surface area contributed by atoms with Crippen LogP contribution >= 0.6 is 15.9 Å². The molecular weight excluding hydrogens is 260 g/mol. The number of aliphatic hydroxyl groups is 1. The molecule has 1 rings (SSSR count). The molecule has 0 aliphatic rings. The quantitative estimate of drug-likeness (QED) is 0.814. The van der Waals surface area contributed by atoms with E-state index in [9.17, 15) is 4.79 Å². The first-order valence-corrected chi connectivity index (χ1v) is 5.46. The van der Waals surface area contributed by atoms with Crippen molar-refractivity contribution in [3.05, 3.63) is 28.5 Å². The molecule has 0 saturated heterocycles. The van der Waals surface area contributed by atoms with Gasteiger partial charge in [0.05, 0.1) is 5.56 Å². The Bertz CT molecular complexity index is 327. The summed E-state index contributed by atoms with van der Waals surface area (Å²) in [5.74, 6) is -0.170. The molecule has 0 aromatic carbocycles. The number of carbonyl (C=O) groups excluding carboxylic acids is 1. The van der Waals surface area contributed by atoms with Gasteiger partial charge in [-0.2, -0.15) is 0 Å². The average Bonchev–Trinajstić information content (AvgIpc) is 2.18. The second-order valence-electron chi connectivity index (χ2n) is 3.26. The third-order valence-corrected chi connectivity index (χ3v) is 2.40. The summed E-state index contributed by atoms with van der Waals surface area (Å²) in [5, 5.41) is 11.4. The highest BCUT2D eigenvalue weighted by atomic mass is 79.9. The minimum atomic E-state index is -0.170. The summed E-state index contributed by atoms with van der Waals surface area (Å²) < 4.78 is 0.697. The van der Waals surface area contributed by atoms with Crippen molar-refractivity contribution in [3.8, 4) is 0 Å². The number of pyridine rings is 1. The Kier molecular flexibility index (Phi) is 4.71. The highest BCUT2D eigenvalue weighted by molar-refractivity contribution is 9.10. The summed E-state index contributed by atoms with van der Waals surface area (Å²) in [4.78, 5) is 15.6.